The van der Waals surface area contributed by atoms with E-state index >= 15 is 0 Å². The number of hydrogen-bond acceptors (Lipinski definition) is 3. The molecule has 64 heavy (non-hydrogen) atoms. The summed E-state index contributed by atoms with van der Waals surface area (Å²) in [5.41, 5.74) is 18.1. The highest BCUT2D eigenvalue weighted by Crippen LogP contribution is 2.59. The van der Waals surface area contributed by atoms with Gasteiger partial charge in [0.2, 0.25) is 0 Å². The van der Waals surface area contributed by atoms with Crippen LogP contribution in [0, 0.1) is 0 Å². The van der Waals surface area contributed by atoms with Gasteiger partial charge in [-0.05, 0) is 141 Å². The van der Waals surface area contributed by atoms with E-state index in [0.29, 0.717) is 0 Å². The first kappa shape index (κ1) is 36.7. The van der Waals surface area contributed by atoms with Gasteiger partial charge in [-0.1, -0.05) is 152 Å². The third kappa shape index (κ3) is 5.67. The fourth-order valence-electron chi connectivity index (χ4n) is 11.0. The van der Waals surface area contributed by atoms with Crippen molar-refractivity contribution in [1.82, 2.24) is 0 Å². The minimum Gasteiger partial charge on any atom is -0.485 e. The number of allylic oxidation sites excluding steroid dienone is 6. The molecule has 0 N–H and O–H groups in total. The van der Waals surface area contributed by atoms with Crippen molar-refractivity contribution >= 4 is 44.6 Å². The molecule has 1 aliphatic heterocycles. The highest BCUT2D eigenvalue weighted by molar-refractivity contribution is 6.05. The van der Waals surface area contributed by atoms with Crippen LogP contribution in [0.1, 0.15) is 52.1 Å². The molecule has 2 heterocycles. The van der Waals surface area contributed by atoms with Crippen LogP contribution in [0.3, 0.4) is 0 Å². The topological polar surface area (TPSA) is 25.6 Å². The maximum Gasteiger partial charge on any atom is 0.135 e. The molecule has 0 bridgehead atoms. The molecule has 0 amide bonds. The molecular formula is C61H43NO2. The van der Waals surface area contributed by atoms with E-state index in [1.165, 1.54) is 61.2 Å². The Balaban J connectivity index is 1.05. The van der Waals surface area contributed by atoms with Crippen molar-refractivity contribution in [2.45, 2.75) is 30.3 Å². The number of ether oxygens (including phenoxy) is 1. The molecule has 3 unspecified atom stereocenters. The minimum atomic E-state index is -0.677. The molecule has 0 saturated carbocycles. The molecule has 304 valence electrons. The summed E-state index contributed by atoms with van der Waals surface area (Å²) < 4.78 is 13.0. The number of anilines is 3. The summed E-state index contributed by atoms with van der Waals surface area (Å²) in [5.74, 6) is 1.10. The van der Waals surface area contributed by atoms with Gasteiger partial charge >= 0.3 is 0 Å². The highest BCUT2D eigenvalue weighted by atomic mass is 16.5. The Kier molecular flexibility index (Phi) is 8.39. The van der Waals surface area contributed by atoms with Crippen LogP contribution in [0.5, 0.6) is 5.75 Å². The van der Waals surface area contributed by atoms with Crippen LogP contribution in [-0.2, 0) is 5.41 Å². The van der Waals surface area contributed by atoms with Crippen LogP contribution in [-0.4, -0.2) is 6.10 Å². The average molecular weight is 822 g/mol. The molecule has 13 rings (SSSR count). The summed E-state index contributed by atoms with van der Waals surface area (Å²) in [4.78, 5) is 2.43. The van der Waals surface area contributed by atoms with Crippen LogP contribution in [0.25, 0.3) is 49.8 Å². The van der Waals surface area contributed by atoms with E-state index in [2.05, 4.69) is 223 Å². The van der Waals surface area contributed by atoms with Gasteiger partial charge in [-0.3, -0.25) is 0 Å². The lowest BCUT2D eigenvalue weighted by atomic mass is 9.67. The van der Waals surface area contributed by atoms with Crippen molar-refractivity contribution in [3.8, 4) is 28.0 Å². The number of para-hydroxylation sites is 1. The zero-order valence-corrected chi connectivity index (χ0v) is 35.2. The number of furan rings is 1. The molecule has 0 fully saturated rings. The maximum absolute atomic E-state index is 6.57. The predicted octanol–water partition coefficient (Wildman–Crippen LogP) is 15.8. The minimum absolute atomic E-state index is 0.00584. The molecule has 3 atom stereocenters. The average Bonchev–Trinajstić information content (AvgIpc) is 4.03. The summed E-state index contributed by atoms with van der Waals surface area (Å²) >= 11 is 0. The highest BCUT2D eigenvalue weighted by Gasteiger charge is 2.48. The van der Waals surface area contributed by atoms with Crippen molar-refractivity contribution in [2.24, 2.45) is 0 Å². The fourth-order valence-corrected chi connectivity index (χ4v) is 11.0. The maximum atomic E-state index is 6.57. The van der Waals surface area contributed by atoms with E-state index in [1.54, 1.807) is 0 Å². The molecule has 0 spiro atoms. The summed E-state index contributed by atoms with van der Waals surface area (Å²) in [6.45, 7) is 0. The van der Waals surface area contributed by atoms with Gasteiger partial charge in [-0.15, -0.1) is 0 Å². The van der Waals surface area contributed by atoms with E-state index in [-0.39, 0.29) is 12.0 Å². The first-order chi connectivity index (χ1) is 31.7. The van der Waals surface area contributed by atoms with Crippen LogP contribution in [0.2, 0.25) is 0 Å². The number of rotatable bonds is 7. The largest absolute Gasteiger partial charge is 0.485 e. The number of hydrogen-bond donors (Lipinski definition) is 0. The van der Waals surface area contributed by atoms with E-state index in [1.807, 2.05) is 6.07 Å². The lowest BCUT2D eigenvalue weighted by Gasteiger charge is -2.35. The van der Waals surface area contributed by atoms with Crippen molar-refractivity contribution in [3.63, 3.8) is 0 Å². The zero-order chi connectivity index (χ0) is 42.2. The molecule has 9 aromatic rings. The second-order valence-corrected chi connectivity index (χ2v) is 17.4. The summed E-state index contributed by atoms with van der Waals surface area (Å²) in [5, 5.41) is 2.23. The molecule has 1 aromatic heterocycles. The van der Waals surface area contributed by atoms with Crippen molar-refractivity contribution < 1.29 is 9.15 Å². The Bertz CT molecular complexity index is 3420. The summed E-state index contributed by atoms with van der Waals surface area (Å²) in [6, 6.07) is 67.2. The van der Waals surface area contributed by atoms with Crippen LogP contribution < -0.4 is 9.64 Å². The van der Waals surface area contributed by atoms with Crippen molar-refractivity contribution in [1.29, 1.82) is 0 Å². The van der Waals surface area contributed by atoms with Crippen molar-refractivity contribution in [2.75, 3.05) is 4.90 Å². The third-order valence-corrected chi connectivity index (χ3v) is 14.0. The van der Waals surface area contributed by atoms with Crippen LogP contribution >= 0.6 is 0 Å². The van der Waals surface area contributed by atoms with E-state index in [9.17, 15) is 0 Å². The first-order valence-electron chi connectivity index (χ1n) is 22.4. The standard InChI is InChI=1S/C61H43NO2/c1-3-13-40(14-4-1)42-23-29-46(30-24-42)62(47-31-25-43(26-32-47)41-15-5-2-6-16-41)48-33-34-50-49-17-7-10-20-55(49)61(56(50)39-48,44-27-35-59-53(37-44)51-18-8-11-21-57(51)63-59)45-28-36-60-54(38-45)52-19-9-12-22-58(52)64-60/h1-5,7-15,17-39,51,57H,6,16H2. The Hall–Kier alpha value is -7.88. The van der Waals surface area contributed by atoms with Crippen LogP contribution in [0.15, 0.2) is 229 Å². The van der Waals surface area contributed by atoms with Gasteiger partial charge in [-0.2, -0.15) is 0 Å². The Morgan fingerprint density at radius 1 is 0.500 bits per heavy atom. The van der Waals surface area contributed by atoms with Gasteiger partial charge in [-0.25, -0.2) is 0 Å². The van der Waals surface area contributed by atoms with E-state index in [4.69, 9.17) is 9.15 Å². The smallest absolute Gasteiger partial charge is 0.135 e. The van der Waals surface area contributed by atoms with Gasteiger partial charge in [0, 0.05) is 39.3 Å². The van der Waals surface area contributed by atoms with Crippen LogP contribution in [0.4, 0.5) is 17.1 Å². The predicted molar refractivity (Wildman–Crippen MR) is 263 cm³/mol. The molecule has 8 aromatic carbocycles. The molecule has 4 aliphatic rings. The lowest BCUT2D eigenvalue weighted by Crippen LogP contribution is -2.29. The molecule has 0 radical (unpaired) electrons. The van der Waals surface area contributed by atoms with Gasteiger partial charge < -0.3 is 14.1 Å². The number of fused-ring (bicyclic) bond motifs is 9. The van der Waals surface area contributed by atoms with Gasteiger partial charge in [0.1, 0.15) is 23.0 Å². The molecule has 3 heteroatoms. The molecule has 0 saturated heterocycles. The summed E-state index contributed by atoms with van der Waals surface area (Å²) in [7, 11) is 0. The monoisotopic (exact) mass is 821 g/mol. The first-order valence-corrected chi connectivity index (χ1v) is 22.4. The summed E-state index contributed by atoms with van der Waals surface area (Å²) in [6.07, 6.45) is 17.5. The Morgan fingerprint density at radius 2 is 1.19 bits per heavy atom. The Morgan fingerprint density at radius 3 is 2.03 bits per heavy atom. The third-order valence-electron chi connectivity index (χ3n) is 14.0. The molecule has 3 aliphatic carbocycles. The fraction of sp³-hybridized carbons (Fsp3) is 0.0820. The molecular weight excluding hydrogens is 779 g/mol. The number of nitrogens with zero attached hydrogens (tertiary/aromatic N) is 1. The van der Waals surface area contributed by atoms with E-state index < -0.39 is 5.41 Å². The Labute approximate surface area is 373 Å². The second-order valence-electron chi connectivity index (χ2n) is 17.4. The zero-order valence-electron chi connectivity index (χ0n) is 35.2. The molecule has 3 nitrogen and oxygen atoms in total. The quantitative estimate of drug-likeness (QED) is 0.160. The second kappa shape index (κ2) is 14.6. The lowest BCUT2D eigenvalue weighted by molar-refractivity contribution is 0.269. The van der Waals surface area contributed by atoms with Crippen molar-refractivity contribution in [3.05, 3.63) is 258 Å². The van der Waals surface area contributed by atoms with E-state index in [0.717, 1.165) is 57.6 Å². The van der Waals surface area contributed by atoms with Gasteiger partial charge in [0.25, 0.3) is 0 Å². The normalized spacial score (nSPS) is 18.9. The SMILES string of the molecule is C1=CCCC(c2ccc(N(c3ccc(-c4ccccc4)cc3)c3ccc4c(c3)C(c3ccc5c(c3)C3C=CC=CC3O5)(c3ccc5oc6ccccc6c5c3)c3ccccc3-4)cc2)=C1. The van der Waals surface area contributed by atoms with Gasteiger partial charge in [0.05, 0.1) is 5.41 Å². The number of benzene rings is 8. The van der Waals surface area contributed by atoms with Gasteiger partial charge in [0.15, 0.2) is 0 Å².